The van der Waals surface area contributed by atoms with Gasteiger partial charge in [-0.2, -0.15) is 5.10 Å². The van der Waals surface area contributed by atoms with Crippen molar-refractivity contribution >= 4 is 50.9 Å². The van der Waals surface area contributed by atoms with Gasteiger partial charge >= 0.3 is 0 Å². The molecule has 0 amide bonds. The summed E-state index contributed by atoms with van der Waals surface area (Å²) in [5.74, 6) is 0.349. The number of hydrogen-bond acceptors (Lipinski definition) is 5. The molecule has 0 fully saturated rings. The molecule has 0 saturated heterocycles. The number of nitrogens with zero attached hydrogens (tertiary/aromatic N) is 2. The van der Waals surface area contributed by atoms with E-state index in [9.17, 15) is 9.18 Å². The minimum Gasteiger partial charge on any atom is -0.338 e. The van der Waals surface area contributed by atoms with E-state index >= 15 is 0 Å². The van der Waals surface area contributed by atoms with Gasteiger partial charge in [-0.15, -0.1) is 11.8 Å². The lowest BCUT2D eigenvalue weighted by atomic mass is 9.99. The monoisotopic (exact) mass is 378 g/mol. The Kier molecular flexibility index (Phi) is 3.33. The first-order chi connectivity index (χ1) is 12.9. The lowest BCUT2D eigenvalue weighted by Gasteiger charge is -2.12. The number of benzene rings is 2. The first-order valence-electron chi connectivity index (χ1n) is 8.50. The Morgan fingerprint density at radius 2 is 2.00 bits per heavy atom. The van der Waals surface area contributed by atoms with Crippen LogP contribution in [0.4, 0.5) is 15.9 Å². The van der Waals surface area contributed by atoms with E-state index in [0.29, 0.717) is 11.2 Å². The summed E-state index contributed by atoms with van der Waals surface area (Å²) in [7, 11) is 0. The van der Waals surface area contributed by atoms with Crippen molar-refractivity contribution in [1.82, 2.24) is 15.2 Å². The van der Waals surface area contributed by atoms with Gasteiger partial charge in [-0.25, -0.2) is 4.39 Å². The number of rotatable bonds is 2. The molecule has 27 heavy (non-hydrogen) atoms. The number of thioether (sulfide) groups is 1. The standard InChI is InChI=1S/C20H15FN4OS/c1-20(2)18(26)13-8-16-11(9-17(13)27-20)14(5-6-22-16)23-19-12-7-10(21)3-4-15(12)24-25-19/h3-9H,1-2H3,(H2,22,23,24,25). The number of fused-ring (bicyclic) bond motifs is 3. The molecular formula is C20H15FN4OS. The quantitative estimate of drug-likeness (QED) is 0.510. The smallest absolute Gasteiger partial charge is 0.179 e. The molecule has 5 nitrogen and oxygen atoms in total. The second-order valence-electron chi connectivity index (χ2n) is 7.05. The fourth-order valence-electron chi connectivity index (χ4n) is 3.40. The summed E-state index contributed by atoms with van der Waals surface area (Å²) in [6.45, 7) is 3.86. The van der Waals surface area contributed by atoms with E-state index in [0.717, 1.165) is 32.6 Å². The minimum atomic E-state index is -0.469. The van der Waals surface area contributed by atoms with Crippen LogP contribution < -0.4 is 5.32 Å². The van der Waals surface area contributed by atoms with Crippen LogP contribution in [0.15, 0.2) is 47.5 Å². The number of pyridine rings is 1. The molecule has 0 bridgehead atoms. The maximum atomic E-state index is 13.6. The summed E-state index contributed by atoms with van der Waals surface area (Å²) in [4.78, 5) is 17.9. The number of Topliss-reactive ketones (excluding diaryl/α,β-unsaturated/α-hetero) is 1. The van der Waals surface area contributed by atoms with Crippen LogP contribution in [0.1, 0.15) is 24.2 Å². The van der Waals surface area contributed by atoms with Gasteiger partial charge in [0, 0.05) is 27.4 Å². The lowest BCUT2D eigenvalue weighted by molar-refractivity contribution is 0.0961. The number of ketones is 1. The summed E-state index contributed by atoms with van der Waals surface area (Å²) >= 11 is 1.56. The lowest BCUT2D eigenvalue weighted by Crippen LogP contribution is -2.22. The fourth-order valence-corrected chi connectivity index (χ4v) is 4.59. The van der Waals surface area contributed by atoms with Crippen molar-refractivity contribution in [2.24, 2.45) is 0 Å². The van der Waals surface area contributed by atoms with Crippen LogP contribution in [0.25, 0.3) is 21.8 Å². The highest BCUT2D eigenvalue weighted by atomic mass is 32.2. The molecule has 7 heteroatoms. The van der Waals surface area contributed by atoms with Crippen LogP contribution in [0, 0.1) is 5.82 Å². The summed E-state index contributed by atoms with van der Waals surface area (Å²) in [5, 5.41) is 12.0. The summed E-state index contributed by atoms with van der Waals surface area (Å²) in [6.07, 6.45) is 1.68. The molecule has 1 aliphatic heterocycles. The van der Waals surface area contributed by atoms with Gasteiger partial charge in [0.2, 0.25) is 0 Å². The number of carbonyl (C=O) groups excluding carboxylic acids is 1. The Hall–Kier alpha value is -2.93. The van der Waals surface area contributed by atoms with Gasteiger partial charge in [-0.3, -0.25) is 14.9 Å². The first-order valence-corrected chi connectivity index (χ1v) is 9.31. The van der Waals surface area contributed by atoms with E-state index in [-0.39, 0.29) is 11.6 Å². The molecule has 5 rings (SSSR count). The van der Waals surface area contributed by atoms with Crippen LogP contribution in [0.5, 0.6) is 0 Å². The van der Waals surface area contributed by atoms with Crippen LogP contribution in [0.3, 0.4) is 0 Å². The van der Waals surface area contributed by atoms with E-state index < -0.39 is 4.75 Å². The fraction of sp³-hybridized carbons (Fsp3) is 0.150. The molecule has 0 unspecified atom stereocenters. The molecule has 0 radical (unpaired) electrons. The Bertz CT molecular complexity index is 1250. The van der Waals surface area contributed by atoms with Gasteiger partial charge in [0.05, 0.1) is 21.5 Å². The van der Waals surface area contributed by atoms with Crippen molar-refractivity contribution in [2.45, 2.75) is 23.5 Å². The van der Waals surface area contributed by atoms with E-state index in [1.54, 1.807) is 24.0 Å². The maximum Gasteiger partial charge on any atom is 0.179 e. The number of carbonyl (C=O) groups is 1. The number of nitrogens with one attached hydrogen (secondary N) is 2. The Morgan fingerprint density at radius 3 is 2.85 bits per heavy atom. The summed E-state index contributed by atoms with van der Waals surface area (Å²) in [6, 6.07) is 10.2. The highest BCUT2D eigenvalue weighted by Crippen LogP contribution is 2.46. The zero-order chi connectivity index (χ0) is 18.8. The normalized spacial score (nSPS) is 15.4. The van der Waals surface area contributed by atoms with Crippen molar-refractivity contribution in [3.05, 3.63) is 54.0 Å². The second kappa shape index (κ2) is 5.53. The summed E-state index contributed by atoms with van der Waals surface area (Å²) in [5.41, 5.74) is 3.00. The van der Waals surface area contributed by atoms with Crippen molar-refractivity contribution in [3.8, 4) is 0 Å². The van der Waals surface area contributed by atoms with Crippen LogP contribution >= 0.6 is 11.8 Å². The van der Waals surface area contributed by atoms with Crippen molar-refractivity contribution in [1.29, 1.82) is 0 Å². The van der Waals surface area contributed by atoms with E-state index in [4.69, 9.17) is 0 Å². The number of halogens is 1. The van der Waals surface area contributed by atoms with Gasteiger partial charge in [0.25, 0.3) is 0 Å². The van der Waals surface area contributed by atoms with Crippen LogP contribution in [-0.2, 0) is 0 Å². The highest BCUT2D eigenvalue weighted by molar-refractivity contribution is 8.02. The third-order valence-electron chi connectivity index (χ3n) is 4.78. The number of aromatic amines is 1. The van der Waals surface area contributed by atoms with Crippen LogP contribution in [-0.4, -0.2) is 25.7 Å². The molecule has 0 spiro atoms. The molecule has 0 atom stereocenters. The van der Waals surface area contributed by atoms with Crippen molar-refractivity contribution in [3.63, 3.8) is 0 Å². The topological polar surface area (TPSA) is 70.7 Å². The predicted octanol–water partition coefficient (Wildman–Crippen LogP) is 5.06. The molecule has 0 aliphatic carbocycles. The average Bonchev–Trinajstić information content (AvgIpc) is 3.12. The van der Waals surface area contributed by atoms with Gasteiger partial charge in [-0.1, -0.05) is 0 Å². The highest BCUT2D eigenvalue weighted by Gasteiger charge is 2.38. The molecule has 134 valence electrons. The van der Waals surface area contributed by atoms with Crippen molar-refractivity contribution < 1.29 is 9.18 Å². The molecule has 2 N–H and O–H groups in total. The predicted molar refractivity (Wildman–Crippen MR) is 105 cm³/mol. The zero-order valence-electron chi connectivity index (χ0n) is 14.6. The first kappa shape index (κ1) is 16.3. The maximum absolute atomic E-state index is 13.6. The second-order valence-corrected chi connectivity index (χ2v) is 8.72. The molecule has 0 saturated carbocycles. The zero-order valence-corrected chi connectivity index (χ0v) is 15.4. The number of aromatic nitrogens is 3. The van der Waals surface area contributed by atoms with E-state index in [1.165, 1.54) is 12.1 Å². The van der Waals surface area contributed by atoms with Gasteiger partial charge in [0.1, 0.15) is 5.82 Å². The van der Waals surface area contributed by atoms with Gasteiger partial charge in [0.15, 0.2) is 11.6 Å². The number of anilines is 2. The van der Waals surface area contributed by atoms with Crippen molar-refractivity contribution in [2.75, 3.05) is 5.32 Å². The number of H-pyrrole nitrogens is 1. The average molecular weight is 378 g/mol. The van der Waals surface area contributed by atoms with E-state index in [2.05, 4.69) is 20.5 Å². The number of hydrogen-bond donors (Lipinski definition) is 2. The molecular weight excluding hydrogens is 363 g/mol. The van der Waals surface area contributed by atoms with E-state index in [1.807, 2.05) is 32.0 Å². The third-order valence-corrected chi connectivity index (χ3v) is 6.03. The minimum absolute atomic E-state index is 0.123. The van der Waals surface area contributed by atoms with Gasteiger partial charge < -0.3 is 5.32 Å². The molecule has 4 aromatic rings. The largest absolute Gasteiger partial charge is 0.338 e. The Balaban J connectivity index is 1.64. The van der Waals surface area contributed by atoms with Crippen LogP contribution in [0.2, 0.25) is 0 Å². The van der Waals surface area contributed by atoms with Gasteiger partial charge in [-0.05, 0) is 50.2 Å². The molecule has 2 aromatic heterocycles. The Labute approximate surface area is 158 Å². The molecule has 1 aliphatic rings. The molecule has 3 heterocycles. The molecule has 2 aromatic carbocycles. The SMILES string of the molecule is CC1(C)Sc2cc3c(Nc4n[nH]c5ccc(F)cc45)ccnc3cc2C1=O. The Morgan fingerprint density at radius 1 is 1.15 bits per heavy atom. The third kappa shape index (κ3) is 2.49. The summed E-state index contributed by atoms with van der Waals surface area (Å²) < 4.78 is 13.2.